The Bertz CT molecular complexity index is 420. The Kier molecular flexibility index (Phi) is 7.97. The molecule has 1 aromatic carbocycles. The van der Waals surface area contributed by atoms with Gasteiger partial charge in [0.1, 0.15) is 0 Å². The van der Waals surface area contributed by atoms with E-state index in [1.165, 1.54) is 6.42 Å². The second-order valence-electron chi connectivity index (χ2n) is 5.13. The Morgan fingerprint density at radius 1 is 1.45 bits per heavy atom. The average molecular weight is 317 g/mol. The molecule has 1 aromatic rings. The summed E-state index contributed by atoms with van der Waals surface area (Å²) >= 11 is 5.92. The monoisotopic (exact) mass is 316 g/mol. The number of hydrogen-bond acceptors (Lipinski definition) is 2. The topological polar surface area (TPSA) is 41.1 Å². The quantitative estimate of drug-likeness (QED) is 0.847. The maximum atomic E-state index is 11.7. The van der Waals surface area contributed by atoms with Gasteiger partial charge in [-0.05, 0) is 56.0 Å². The fourth-order valence-corrected chi connectivity index (χ4v) is 2.64. The number of halogens is 2. The minimum atomic E-state index is 0. The van der Waals surface area contributed by atoms with E-state index in [4.69, 9.17) is 11.6 Å². The first-order chi connectivity index (χ1) is 9.24. The van der Waals surface area contributed by atoms with E-state index in [1.807, 2.05) is 24.3 Å². The summed E-state index contributed by atoms with van der Waals surface area (Å²) in [5, 5.41) is 7.04. The molecule has 1 saturated heterocycles. The molecule has 1 unspecified atom stereocenters. The molecule has 1 aliphatic heterocycles. The first kappa shape index (κ1) is 17.3. The third-order valence-corrected chi connectivity index (χ3v) is 3.80. The van der Waals surface area contributed by atoms with Crippen molar-refractivity contribution in [3.63, 3.8) is 0 Å². The van der Waals surface area contributed by atoms with E-state index in [0.29, 0.717) is 18.9 Å². The van der Waals surface area contributed by atoms with Gasteiger partial charge in [-0.1, -0.05) is 23.7 Å². The van der Waals surface area contributed by atoms with Gasteiger partial charge >= 0.3 is 0 Å². The number of amides is 1. The molecular weight excluding hydrogens is 295 g/mol. The van der Waals surface area contributed by atoms with Crippen molar-refractivity contribution < 1.29 is 4.79 Å². The highest BCUT2D eigenvalue weighted by molar-refractivity contribution is 6.30. The summed E-state index contributed by atoms with van der Waals surface area (Å²) in [6.07, 6.45) is 3.67. The number of hydrogen-bond donors (Lipinski definition) is 2. The maximum absolute atomic E-state index is 11.7. The summed E-state index contributed by atoms with van der Waals surface area (Å²) in [6.45, 7) is 2.85. The smallest absolute Gasteiger partial charge is 0.220 e. The van der Waals surface area contributed by atoms with Crippen molar-refractivity contribution in [1.82, 2.24) is 10.6 Å². The van der Waals surface area contributed by atoms with Gasteiger partial charge in [0.2, 0.25) is 5.91 Å². The normalized spacial score (nSPS) is 17.6. The number of nitrogens with one attached hydrogen (secondary N) is 2. The number of carbonyl (C=O) groups excluding carboxylic acids is 1. The molecule has 0 bridgehead atoms. The molecule has 1 fully saturated rings. The third-order valence-electron chi connectivity index (χ3n) is 3.57. The predicted octanol–water partition coefficient (Wildman–Crippen LogP) is 2.81. The Balaban J connectivity index is 0.00000200. The lowest BCUT2D eigenvalue weighted by atomic mass is 10.0. The summed E-state index contributed by atoms with van der Waals surface area (Å²) in [4.78, 5) is 11.7. The molecule has 1 heterocycles. The van der Waals surface area contributed by atoms with E-state index in [9.17, 15) is 4.79 Å². The highest BCUT2D eigenvalue weighted by Crippen LogP contribution is 2.14. The van der Waals surface area contributed by atoms with Crippen LogP contribution in [-0.2, 0) is 11.2 Å². The molecular formula is C15H22Cl2N2O. The van der Waals surface area contributed by atoms with E-state index < -0.39 is 0 Å². The largest absolute Gasteiger partial charge is 0.356 e. The molecule has 2 N–H and O–H groups in total. The van der Waals surface area contributed by atoms with E-state index in [-0.39, 0.29) is 18.3 Å². The SMILES string of the molecule is Cl.O=C(CCC1CCNC1)NCCc1cccc(Cl)c1. The fourth-order valence-electron chi connectivity index (χ4n) is 2.42. The lowest BCUT2D eigenvalue weighted by molar-refractivity contribution is -0.121. The standard InChI is InChI=1S/C15H21ClN2O.ClH/c16-14-3-1-2-12(10-14)7-9-18-15(19)5-4-13-6-8-17-11-13;/h1-3,10,13,17H,4-9,11H2,(H,18,19);1H. The molecule has 1 aliphatic rings. The van der Waals surface area contributed by atoms with Crippen molar-refractivity contribution in [3.8, 4) is 0 Å². The maximum Gasteiger partial charge on any atom is 0.220 e. The van der Waals surface area contributed by atoms with Crippen molar-refractivity contribution in [2.45, 2.75) is 25.7 Å². The lowest BCUT2D eigenvalue weighted by Gasteiger charge is -2.08. The average Bonchev–Trinajstić information content (AvgIpc) is 2.89. The molecule has 0 saturated carbocycles. The van der Waals surface area contributed by atoms with Gasteiger partial charge in [-0.2, -0.15) is 0 Å². The zero-order valence-corrected chi connectivity index (χ0v) is 13.1. The summed E-state index contributed by atoms with van der Waals surface area (Å²) in [6, 6.07) is 7.77. The second kappa shape index (κ2) is 9.22. The zero-order chi connectivity index (χ0) is 13.5. The Morgan fingerprint density at radius 2 is 2.30 bits per heavy atom. The van der Waals surface area contributed by atoms with Gasteiger partial charge in [-0.25, -0.2) is 0 Å². The highest BCUT2D eigenvalue weighted by atomic mass is 35.5. The Morgan fingerprint density at radius 3 is 3.00 bits per heavy atom. The van der Waals surface area contributed by atoms with Gasteiger partial charge in [0.25, 0.3) is 0 Å². The van der Waals surface area contributed by atoms with Gasteiger partial charge in [0.05, 0.1) is 0 Å². The highest BCUT2D eigenvalue weighted by Gasteiger charge is 2.15. The zero-order valence-electron chi connectivity index (χ0n) is 11.5. The molecule has 0 spiro atoms. The van der Waals surface area contributed by atoms with Crippen LogP contribution in [0.2, 0.25) is 5.02 Å². The third kappa shape index (κ3) is 6.12. The second-order valence-corrected chi connectivity index (χ2v) is 5.56. The lowest BCUT2D eigenvalue weighted by Crippen LogP contribution is -2.26. The van der Waals surface area contributed by atoms with Crippen LogP contribution in [0.1, 0.15) is 24.8 Å². The molecule has 0 radical (unpaired) electrons. The molecule has 5 heteroatoms. The van der Waals surface area contributed by atoms with E-state index in [2.05, 4.69) is 10.6 Å². The summed E-state index contributed by atoms with van der Waals surface area (Å²) in [5.41, 5.74) is 1.16. The summed E-state index contributed by atoms with van der Waals surface area (Å²) in [5.74, 6) is 0.840. The van der Waals surface area contributed by atoms with Crippen LogP contribution in [0.25, 0.3) is 0 Å². The minimum Gasteiger partial charge on any atom is -0.356 e. The number of benzene rings is 1. The molecule has 0 aromatic heterocycles. The minimum absolute atomic E-state index is 0. The molecule has 20 heavy (non-hydrogen) atoms. The fraction of sp³-hybridized carbons (Fsp3) is 0.533. The van der Waals surface area contributed by atoms with Crippen LogP contribution in [0.3, 0.4) is 0 Å². The van der Waals surface area contributed by atoms with Crippen LogP contribution in [0.15, 0.2) is 24.3 Å². The molecule has 1 atom stereocenters. The Hall–Kier alpha value is -0.770. The predicted molar refractivity (Wildman–Crippen MR) is 85.6 cm³/mol. The van der Waals surface area contributed by atoms with E-state index >= 15 is 0 Å². The first-order valence-electron chi connectivity index (χ1n) is 6.96. The number of rotatable bonds is 6. The van der Waals surface area contributed by atoms with E-state index in [1.54, 1.807) is 0 Å². The molecule has 3 nitrogen and oxygen atoms in total. The van der Waals surface area contributed by atoms with Gasteiger partial charge in [-0.3, -0.25) is 4.79 Å². The van der Waals surface area contributed by atoms with Gasteiger partial charge in [0.15, 0.2) is 0 Å². The molecule has 112 valence electrons. The van der Waals surface area contributed by atoms with Crippen LogP contribution in [-0.4, -0.2) is 25.5 Å². The van der Waals surface area contributed by atoms with Crippen LogP contribution in [0.5, 0.6) is 0 Å². The van der Waals surface area contributed by atoms with Crippen LogP contribution in [0, 0.1) is 5.92 Å². The van der Waals surface area contributed by atoms with Crippen LogP contribution < -0.4 is 10.6 Å². The van der Waals surface area contributed by atoms with Crippen molar-refractivity contribution in [1.29, 1.82) is 0 Å². The van der Waals surface area contributed by atoms with Gasteiger partial charge in [-0.15, -0.1) is 12.4 Å². The van der Waals surface area contributed by atoms with E-state index in [0.717, 1.165) is 36.5 Å². The van der Waals surface area contributed by atoms with Crippen LogP contribution >= 0.6 is 24.0 Å². The first-order valence-corrected chi connectivity index (χ1v) is 7.33. The summed E-state index contributed by atoms with van der Waals surface area (Å²) in [7, 11) is 0. The molecule has 1 amide bonds. The van der Waals surface area contributed by atoms with Gasteiger partial charge < -0.3 is 10.6 Å². The van der Waals surface area contributed by atoms with Crippen LogP contribution in [0.4, 0.5) is 0 Å². The number of carbonyl (C=O) groups is 1. The van der Waals surface area contributed by atoms with Crippen molar-refractivity contribution in [2.24, 2.45) is 5.92 Å². The summed E-state index contributed by atoms with van der Waals surface area (Å²) < 4.78 is 0. The molecule has 2 rings (SSSR count). The van der Waals surface area contributed by atoms with Gasteiger partial charge in [0, 0.05) is 18.0 Å². The van der Waals surface area contributed by atoms with Crippen molar-refractivity contribution >= 4 is 29.9 Å². The van der Waals surface area contributed by atoms with Crippen molar-refractivity contribution in [2.75, 3.05) is 19.6 Å². The van der Waals surface area contributed by atoms with Crippen molar-refractivity contribution in [3.05, 3.63) is 34.9 Å². The Labute approximate surface area is 131 Å². The molecule has 0 aliphatic carbocycles.